The highest BCUT2D eigenvalue weighted by atomic mass is 35.5. The summed E-state index contributed by atoms with van der Waals surface area (Å²) in [5.74, 6) is 0.248. The number of carbonyl (C=O) groups is 2. The van der Waals surface area contributed by atoms with Crippen LogP contribution in [-0.4, -0.2) is 29.3 Å². The van der Waals surface area contributed by atoms with Crippen LogP contribution in [0.2, 0.25) is 5.02 Å². The van der Waals surface area contributed by atoms with Crippen molar-refractivity contribution < 1.29 is 9.59 Å². The maximum Gasteiger partial charge on any atom is 0.243 e. The predicted octanol–water partition coefficient (Wildman–Crippen LogP) is 3.53. The number of rotatable bonds is 4. The van der Waals surface area contributed by atoms with Crippen LogP contribution in [0, 0.1) is 5.92 Å². The van der Waals surface area contributed by atoms with E-state index in [1.807, 2.05) is 29.2 Å². The molecule has 1 heterocycles. The van der Waals surface area contributed by atoms with Crippen LogP contribution in [0.25, 0.3) is 0 Å². The van der Waals surface area contributed by atoms with Gasteiger partial charge < -0.3 is 10.2 Å². The molecule has 5 heteroatoms. The van der Waals surface area contributed by atoms with E-state index in [1.54, 1.807) is 0 Å². The van der Waals surface area contributed by atoms with Gasteiger partial charge in [0.25, 0.3) is 0 Å². The van der Waals surface area contributed by atoms with Gasteiger partial charge in [-0.3, -0.25) is 9.59 Å². The fourth-order valence-electron chi connectivity index (χ4n) is 3.83. The van der Waals surface area contributed by atoms with Crippen LogP contribution >= 0.6 is 11.6 Å². The lowest BCUT2D eigenvalue weighted by Crippen LogP contribution is -2.48. The van der Waals surface area contributed by atoms with Crippen molar-refractivity contribution in [3.05, 3.63) is 34.9 Å². The first-order valence-corrected chi connectivity index (χ1v) is 9.36. The van der Waals surface area contributed by atoms with Crippen LogP contribution in [-0.2, 0) is 16.1 Å². The third-order valence-electron chi connectivity index (χ3n) is 5.20. The van der Waals surface area contributed by atoms with Crippen molar-refractivity contribution in [1.29, 1.82) is 0 Å². The lowest BCUT2D eigenvalue weighted by Gasteiger charge is -2.30. The first kappa shape index (κ1) is 17.3. The Balaban J connectivity index is 1.59. The fourth-order valence-corrected chi connectivity index (χ4v) is 4.03. The number of benzene rings is 1. The van der Waals surface area contributed by atoms with Crippen LogP contribution in [0.15, 0.2) is 24.3 Å². The van der Waals surface area contributed by atoms with Gasteiger partial charge in [0.05, 0.1) is 0 Å². The molecule has 1 atom stereocenters. The van der Waals surface area contributed by atoms with Crippen molar-refractivity contribution in [2.45, 2.75) is 57.5 Å². The van der Waals surface area contributed by atoms with E-state index in [1.165, 1.54) is 6.42 Å². The zero-order chi connectivity index (χ0) is 16.9. The molecule has 1 aromatic carbocycles. The second-order valence-electron chi connectivity index (χ2n) is 6.83. The Hall–Kier alpha value is -1.55. The fraction of sp³-hybridized carbons (Fsp3) is 0.579. The summed E-state index contributed by atoms with van der Waals surface area (Å²) >= 11 is 6.13. The van der Waals surface area contributed by atoms with E-state index in [2.05, 4.69) is 5.32 Å². The Morgan fingerprint density at radius 3 is 2.58 bits per heavy atom. The number of nitrogens with one attached hydrogen (secondary N) is 1. The first-order valence-electron chi connectivity index (χ1n) is 8.98. The molecule has 2 aliphatic rings. The van der Waals surface area contributed by atoms with Crippen LogP contribution < -0.4 is 5.32 Å². The third-order valence-corrected chi connectivity index (χ3v) is 5.57. The highest BCUT2D eigenvalue weighted by molar-refractivity contribution is 6.31. The average molecular weight is 349 g/mol. The summed E-state index contributed by atoms with van der Waals surface area (Å²) in [6.45, 7) is 1.11. The minimum atomic E-state index is -0.318. The predicted molar refractivity (Wildman–Crippen MR) is 94.6 cm³/mol. The highest BCUT2D eigenvalue weighted by Crippen LogP contribution is 2.29. The summed E-state index contributed by atoms with van der Waals surface area (Å²) in [7, 11) is 0. The van der Waals surface area contributed by atoms with Crippen LogP contribution in [0.5, 0.6) is 0 Å². The van der Waals surface area contributed by atoms with Gasteiger partial charge in [-0.2, -0.15) is 0 Å². The zero-order valence-corrected chi connectivity index (χ0v) is 14.7. The maximum absolute atomic E-state index is 12.8. The standard InChI is InChI=1S/C19H25ClN2O2/c20-16-10-5-4-9-15(16)13-21-18(23)17-11-6-12-22(17)19(24)14-7-2-1-3-8-14/h4-5,9-10,14,17H,1-3,6-8,11-13H2,(H,21,23)/t17-/m1/s1. The summed E-state index contributed by atoms with van der Waals surface area (Å²) in [6, 6.07) is 7.18. The Morgan fingerprint density at radius 1 is 1.08 bits per heavy atom. The number of amides is 2. The Labute approximate surface area is 148 Å². The number of halogens is 1. The van der Waals surface area contributed by atoms with Crippen molar-refractivity contribution in [2.75, 3.05) is 6.54 Å². The van der Waals surface area contributed by atoms with E-state index in [0.29, 0.717) is 18.1 Å². The number of likely N-dealkylation sites (tertiary alicyclic amines) is 1. The second-order valence-corrected chi connectivity index (χ2v) is 7.24. The van der Waals surface area contributed by atoms with Gasteiger partial charge in [0, 0.05) is 24.0 Å². The Kier molecular flexibility index (Phi) is 5.77. The Bertz CT molecular complexity index is 599. The maximum atomic E-state index is 12.8. The van der Waals surface area contributed by atoms with Crippen molar-refractivity contribution in [3.63, 3.8) is 0 Å². The van der Waals surface area contributed by atoms with Gasteiger partial charge in [-0.25, -0.2) is 0 Å². The molecule has 1 saturated heterocycles. The molecule has 0 unspecified atom stereocenters. The minimum Gasteiger partial charge on any atom is -0.350 e. The van der Waals surface area contributed by atoms with Crippen molar-refractivity contribution in [3.8, 4) is 0 Å². The lowest BCUT2D eigenvalue weighted by atomic mass is 9.88. The number of carbonyl (C=O) groups excluding carboxylic acids is 2. The van der Waals surface area contributed by atoms with Gasteiger partial charge in [-0.1, -0.05) is 49.1 Å². The van der Waals surface area contributed by atoms with Gasteiger partial charge in [-0.15, -0.1) is 0 Å². The average Bonchev–Trinajstić information content (AvgIpc) is 3.10. The topological polar surface area (TPSA) is 49.4 Å². The molecule has 1 aromatic rings. The van der Waals surface area contributed by atoms with Gasteiger partial charge >= 0.3 is 0 Å². The molecule has 3 rings (SSSR count). The summed E-state index contributed by atoms with van der Waals surface area (Å²) in [6.07, 6.45) is 7.11. The van der Waals surface area contributed by atoms with Crippen LogP contribution in [0.3, 0.4) is 0 Å². The minimum absolute atomic E-state index is 0.0587. The molecular weight excluding hydrogens is 324 g/mol. The van der Waals surface area contributed by atoms with Gasteiger partial charge in [0.15, 0.2) is 0 Å². The molecule has 0 aromatic heterocycles. The third kappa shape index (κ3) is 3.92. The smallest absolute Gasteiger partial charge is 0.243 e. The van der Waals surface area contributed by atoms with E-state index >= 15 is 0 Å². The largest absolute Gasteiger partial charge is 0.350 e. The molecule has 24 heavy (non-hydrogen) atoms. The van der Waals surface area contributed by atoms with E-state index in [9.17, 15) is 9.59 Å². The van der Waals surface area contributed by atoms with Crippen LogP contribution in [0.4, 0.5) is 0 Å². The number of hydrogen-bond acceptors (Lipinski definition) is 2. The lowest BCUT2D eigenvalue weighted by molar-refractivity contribution is -0.142. The second kappa shape index (κ2) is 8.02. The van der Waals surface area contributed by atoms with E-state index in [0.717, 1.165) is 44.1 Å². The number of nitrogens with zero attached hydrogens (tertiary/aromatic N) is 1. The summed E-state index contributed by atoms with van der Waals surface area (Å²) in [4.78, 5) is 27.2. The number of hydrogen-bond donors (Lipinski definition) is 1. The molecule has 130 valence electrons. The molecule has 1 aliphatic carbocycles. The SMILES string of the molecule is O=C(NCc1ccccc1Cl)[C@H]1CCCN1C(=O)C1CCCCC1. The van der Waals surface area contributed by atoms with E-state index in [-0.39, 0.29) is 23.8 Å². The van der Waals surface area contributed by atoms with Gasteiger partial charge in [0.2, 0.25) is 11.8 Å². The summed E-state index contributed by atoms with van der Waals surface area (Å²) in [5.41, 5.74) is 0.899. The van der Waals surface area contributed by atoms with Crippen LogP contribution in [0.1, 0.15) is 50.5 Å². The molecule has 4 nitrogen and oxygen atoms in total. The van der Waals surface area contributed by atoms with Gasteiger partial charge in [0.1, 0.15) is 6.04 Å². The molecule has 0 bridgehead atoms. The molecule has 0 spiro atoms. The van der Waals surface area contributed by atoms with Crippen molar-refractivity contribution in [2.24, 2.45) is 5.92 Å². The Morgan fingerprint density at radius 2 is 1.83 bits per heavy atom. The van der Waals surface area contributed by atoms with E-state index in [4.69, 9.17) is 11.6 Å². The molecule has 1 N–H and O–H groups in total. The first-order chi connectivity index (χ1) is 11.7. The van der Waals surface area contributed by atoms with Gasteiger partial charge in [-0.05, 0) is 37.3 Å². The zero-order valence-electron chi connectivity index (χ0n) is 14.0. The normalized spacial score (nSPS) is 21.7. The quantitative estimate of drug-likeness (QED) is 0.904. The van der Waals surface area contributed by atoms with Crippen molar-refractivity contribution in [1.82, 2.24) is 10.2 Å². The molecule has 1 aliphatic heterocycles. The molecular formula is C19H25ClN2O2. The van der Waals surface area contributed by atoms with Crippen molar-refractivity contribution >= 4 is 23.4 Å². The van der Waals surface area contributed by atoms with E-state index < -0.39 is 0 Å². The molecule has 1 saturated carbocycles. The molecule has 0 radical (unpaired) electrons. The highest BCUT2D eigenvalue weighted by Gasteiger charge is 2.37. The summed E-state index contributed by atoms with van der Waals surface area (Å²) < 4.78 is 0. The summed E-state index contributed by atoms with van der Waals surface area (Å²) in [5, 5.41) is 3.60. The monoisotopic (exact) mass is 348 g/mol. The molecule has 2 fully saturated rings. The molecule has 2 amide bonds.